The number of rotatable bonds is 7. The van der Waals surface area contributed by atoms with Gasteiger partial charge >= 0.3 is 12.1 Å². The van der Waals surface area contributed by atoms with Gasteiger partial charge < -0.3 is 20.5 Å². The van der Waals surface area contributed by atoms with Crippen LogP contribution >= 0.6 is 0 Å². The van der Waals surface area contributed by atoms with Crippen molar-refractivity contribution in [2.75, 3.05) is 13.2 Å². The van der Waals surface area contributed by atoms with Crippen molar-refractivity contribution in [1.82, 2.24) is 10.6 Å². The Balaban J connectivity index is 1.25. The molecule has 7 nitrogen and oxygen atoms in total. The summed E-state index contributed by atoms with van der Waals surface area (Å²) in [6.45, 7) is 0.219. The predicted molar refractivity (Wildman–Crippen MR) is 122 cm³/mol. The zero-order valence-corrected chi connectivity index (χ0v) is 18.4. The maximum absolute atomic E-state index is 12.9. The molecule has 0 unspecified atom stereocenters. The van der Waals surface area contributed by atoms with E-state index in [-0.39, 0.29) is 36.8 Å². The second-order valence-electron chi connectivity index (χ2n) is 9.64. The molecule has 2 fully saturated rings. The number of nitrogens with one attached hydrogen (secondary N) is 2. The number of aliphatic carboxylic acids is 1. The van der Waals surface area contributed by atoms with Crippen LogP contribution in [0.3, 0.4) is 0 Å². The summed E-state index contributed by atoms with van der Waals surface area (Å²) in [6, 6.07) is 16.3. The molecule has 33 heavy (non-hydrogen) atoms. The summed E-state index contributed by atoms with van der Waals surface area (Å²) < 4.78 is 5.66. The van der Waals surface area contributed by atoms with Crippen molar-refractivity contribution in [1.29, 1.82) is 0 Å². The van der Waals surface area contributed by atoms with E-state index in [1.54, 1.807) is 0 Å². The first kappa shape index (κ1) is 21.5. The Morgan fingerprint density at radius 3 is 2.12 bits per heavy atom. The Bertz CT molecular complexity index is 1050. The van der Waals surface area contributed by atoms with E-state index in [0.717, 1.165) is 41.5 Å². The van der Waals surface area contributed by atoms with Gasteiger partial charge in [-0.3, -0.25) is 9.59 Å². The number of alkyl carbamates (subject to hydrolysis) is 1. The SMILES string of the molecule is O=C(O)CCNC(=O)C1(NC(=O)OCC2c3ccccc3-c3ccccc32)CC2(CCC2)C1. The van der Waals surface area contributed by atoms with E-state index in [2.05, 4.69) is 34.9 Å². The minimum Gasteiger partial charge on any atom is -0.481 e. The van der Waals surface area contributed by atoms with E-state index < -0.39 is 17.6 Å². The predicted octanol–water partition coefficient (Wildman–Crippen LogP) is 3.82. The van der Waals surface area contributed by atoms with Gasteiger partial charge in [-0.2, -0.15) is 0 Å². The molecule has 0 heterocycles. The van der Waals surface area contributed by atoms with Crippen LogP contribution in [0.1, 0.15) is 55.6 Å². The number of hydrogen-bond donors (Lipinski definition) is 3. The number of carboxylic acids is 1. The molecule has 3 aliphatic rings. The first-order chi connectivity index (χ1) is 15.9. The van der Waals surface area contributed by atoms with Gasteiger partial charge in [0.1, 0.15) is 12.1 Å². The molecule has 7 heteroatoms. The minimum absolute atomic E-state index is 0.0370. The van der Waals surface area contributed by atoms with E-state index in [1.807, 2.05) is 24.3 Å². The fraction of sp³-hybridized carbons (Fsp3) is 0.423. The second kappa shape index (κ2) is 8.21. The molecule has 0 atom stereocenters. The topological polar surface area (TPSA) is 105 Å². The summed E-state index contributed by atoms with van der Waals surface area (Å²) in [6.07, 6.45) is 3.64. The second-order valence-corrected chi connectivity index (χ2v) is 9.64. The zero-order chi connectivity index (χ0) is 23.1. The van der Waals surface area contributed by atoms with Gasteiger partial charge in [0.25, 0.3) is 0 Å². The van der Waals surface area contributed by atoms with Crippen LogP contribution < -0.4 is 10.6 Å². The summed E-state index contributed by atoms with van der Waals surface area (Å²) >= 11 is 0. The number of carbonyl (C=O) groups is 3. The zero-order valence-electron chi connectivity index (χ0n) is 18.4. The van der Waals surface area contributed by atoms with Gasteiger partial charge in [-0.15, -0.1) is 0 Å². The van der Waals surface area contributed by atoms with Crippen molar-refractivity contribution in [2.24, 2.45) is 5.41 Å². The Morgan fingerprint density at radius 1 is 0.970 bits per heavy atom. The lowest BCUT2D eigenvalue weighted by Gasteiger charge is -2.59. The number of hydrogen-bond acceptors (Lipinski definition) is 4. The summed E-state index contributed by atoms with van der Waals surface area (Å²) in [4.78, 5) is 36.5. The number of fused-ring (bicyclic) bond motifs is 3. The number of carboxylic acid groups (broad SMARTS) is 1. The third-order valence-corrected chi connectivity index (χ3v) is 7.51. The molecule has 0 aliphatic heterocycles. The lowest BCUT2D eigenvalue weighted by atomic mass is 9.48. The van der Waals surface area contributed by atoms with E-state index in [1.165, 1.54) is 0 Å². The average molecular weight is 449 g/mol. The third-order valence-electron chi connectivity index (χ3n) is 7.51. The smallest absolute Gasteiger partial charge is 0.408 e. The van der Waals surface area contributed by atoms with Crippen molar-refractivity contribution in [3.05, 3.63) is 59.7 Å². The van der Waals surface area contributed by atoms with Crippen LogP contribution in [0.4, 0.5) is 4.79 Å². The molecule has 3 aliphatic carbocycles. The molecule has 2 aromatic rings. The number of benzene rings is 2. The lowest BCUT2D eigenvalue weighted by Crippen LogP contribution is -2.70. The molecule has 0 aromatic heterocycles. The van der Waals surface area contributed by atoms with Gasteiger partial charge in [0.15, 0.2) is 0 Å². The van der Waals surface area contributed by atoms with E-state index in [9.17, 15) is 14.4 Å². The molecule has 2 aromatic carbocycles. The van der Waals surface area contributed by atoms with Crippen molar-refractivity contribution in [3.8, 4) is 11.1 Å². The highest BCUT2D eigenvalue weighted by molar-refractivity contribution is 5.91. The molecule has 3 N–H and O–H groups in total. The normalized spacial score (nSPS) is 18.9. The monoisotopic (exact) mass is 448 g/mol. The molecule has 172 valence electrons. The first-order valence-corrected chi connectivity index (χ1v) is 11.5. The quantitative estimate of drug-likeness (QED) is 0.597. The van der Waals surface area contributed by atoms with Gasteiger partial charge in [0.2, 0.25) is 5.91 Å². The van der Waals surface area contributed by atoms with E-state index in [4.69, 9.17) is 9.84 Å². The Hall–Kier alpha value is -3.35. The summed E-state index contributed by atoms with van der Waals surface area (Å²) in [7, 11) is 0. The van der Waals surface area contributed by atoms with Crippen LogP contribution in [0, 0.1) is 5.41 Å². The van der Waals surface area contributed by atoms with Crippen molar-refractivity contribution in [3.63, 3.8) is 0 Å². The van der Waals surface area contributed by atoms with Gasteiger partial charge in [-0.1, -0.05) is 55.0 Å². The molecule has 5 rings (SSSR count). The summed E-state index contributed by atoms with van der Waals surface area (Å²) in [5.74, 6) is -1.35. The van der Waals surface area contributed by atoms with Crippen molar-refractivity contribution < 1.29 is 24.2 Å². The molecule has 0 saturated heterocycles. The van der Waals surface area contributed by atoms with Gasteiger partial charge in [0, 0.05) is 12.5 Å². The fourth-order valence-corrected chi connectivity index (χ4v) is 5.85. The number of amides is 2. The van der Waals surface area contributed by atoms with E-state index in [0.29, 0.717) is 12.8 Å². The van der Waals surface area contributed by atoms with Crippen LogP contribution in [0.15, 0.2) is 48.5 Å². The third kappa shape index (κ3) is 3.86. The van der Waals surface area contributed by atoms with Crippen LogP contribution in [0.25, 0.3) is 11.1 Å². The maximum Gasteiger partial charge on any atom is 0.408 e. The molecular weight excluding hydrogens is 420 g/mol. The molecule has 2 amide bonds. The van der Waals surface area contributed by atoms with Gasteiger partial charge in [-0.05, 0) is 53.4 Å². The maximum atomic E-state index is 12.9. The molecule has 0 bridgehead atoms. The van der Waals surface area contributed by atoms with Gasteiger partial charge in [0.05, 0.1) is 6.42 Å². The van der Waals surface area contributed by atoms with Crippen LogP contribution in [-0.2, 0) is 14.3 Å². The van der Waals surface area contributed by atoms with Crippen LogP contribution in [-0.4, -0.2) is 41.8 Å². The van der Waals surface area contributed by atoms with Crippen molar-refractivity contribution >= 4 is 18.0 Å². The highest BCUT2D eigenvalue weighted by atomic mass is 16.5. The molecule has 2 saturated carbocycles. The fourth-order valence-electron chi connectivity index (χ4n) is 5.85. The largest absolute Gasteiger partial charge is 0.481 e. The molecule has 1 spiro atoms. The minimum atomic E-state index is -1.03. The average Bonchev–Trinajstić information content (AvgIpc) is 3.07. The first-order valence-electron chi connectivity index (χ1n) is 11.5. The Labute approximate surface area is 192 Å². The number of ether oxygens (including phenoxy) is 1. The summed E-state index contributed by atoms with van der Waals surface area (Å²) in [5.41, 5.74) is 3.67. The van der Waals surface area contributed by atoms with Crippen LogP contribution in [0.5, 0.6) is 0 Å². The van der Waals surface area contributed by atoms with Crippen LogP contribution in [0.2, 0.25) is 0 Å². The van der Waals surface area contributed by atoms with Gasteiger partial charge in [-0.25, -0.2) is 4.79 Å². The van der Waals surface area contributed by atoms with Crippen molar-refractivity contribution in [2.45, 2.75) is 50.0 Å². The standard InChI is InChI=1S/C26H28N2O5/c29-22(30)10-13-27-23(31)26(15-25(16-26)11-5-12-25)28-24(32)33-14-21-19-8-3-1-6-17(19)18-7-2-4-9-20(18)21/h1-4,6-9,21H,5,10-16H2,(H,27,31)(H,28,32)(H,29,30). The highest BCUT2D eigenvalue weighted by Crippen LogP contribution is 2.60. The Kier molecular flexibility index (Phi) is 5.35. The highest BCUT2D eigenvalue weighted by Gasteiger charge is 2.61. The molecular formula is C26H28N2O5. The summed E-state index contributed by atoms with van der Waals surface area (Å²) in [5, 5.41) is 14.4. The lowest BCUT2D eigenvalue weighted by molar-refractivity contribution is -0.144. The van der Waals surface area contributed by atoms with E-state index >= 15 is 0 Å². The molecule has 0 radical (unpaired) electrons. The Morgan fingerprint density at radius 2 is 1.58 bits per heavy atom. The number of carbonyl (C=O) groups excluding carboxylic acids is 2.